The molecule has 2 atom stereocenters. The first-order valence-corrected chi connectivity index (χ1v) is 12.7. The van der Waals surface area contributed by atoms with Gasteiger partial charge in [0.15, 0.2) is 0 Å². The Morgan fingerprint density at radius 2 is 0.697 bits per heavy atom. The largest absolute Gasteiger partial charge is 2.00 e. The minimum absolute atomic E-state index is 0. The summed E-state index contributed by atoms with van der Waals surface area (Å²) in [5, 5.41) is 0.359. The van der Waals surface area contributed by atoms with E-state index in [4.69, 9.17) is 9.05 Å². The number of hydrogen-bond acceptors (Lipinski definition) is 6. The Bertz CT molecular complexity index is 1100. The maximum Gasteiger partial charge on any atom is 2.00 e. The van der Waals surface area contributed by atoms with Gasteiger partial charge < -0.3 is 18.8 Å². The number of rotatable bonds is 6. The van der Waals surface area contributed by atoms with E-state index in [1.54, 1.807) is 97.1 Å². The van der Waals surface area contributed by atoms with Crippen LogP contribution >= 0.6 is 15.2 Å². The predicted molar refractivity (Wildman–Crippen MR) is 122 cm³/mol. The van der Waals surface area contributed by atoms with Crippen molar-refractivity contribution in [3.8, 4) is 11.5 Å². The maximum absolute atomic E-state index is 11.8. The average molecular weight is 532 g/mol. The summed E-state index contributed by atoms with van der Waals surface area (Å²) in [6, 6.07) is 33.1. The van der Waals surface area contributed by atoms with E-state index in [9.17, 15) is 18.9 Å². The first kappa shape index (κ1) is 26.7. The van der Waals surface area contributed by atoms with E-state index >= 15 is 0 Å². The quantitative estimate of drug-likeness (QED) is 0.277. The van der Waals surface area contributed by atoms with E-state index in [1.165, 1.54) is 24.3 Å². The first-order valence-electron chi connectivity index (χ1n) is 9.59. The molecule has 9 heteroatoms. The summed E-state index contributed by atoms with van der Waals surface area (Å²) in [7, 11) is -8.03. The Balaban J connectivity index is 0.000000227. The van der Waals surface area contributed by atoms with Gasteiger partial charge in [-0.2, -0.15) is 0 Å². The zero-order valence-electron chi connectivity index (χ0n) is 17.6. The van der Waals surface area contributed by atoms with Crippen molar-refractivity contribution < 1.29 is 47.4 Å². The van der Waals surface area contributed by atoms with Crippen molar-refractivity contribution >= 4 is 25.8 Å². The van der Waals surface area contributed by atoms with Crippen molar-refractivity contribution in [3.05, 3.63) is 121 Å². The van der Waals surface area contributed by atoms with Crippen molar-refractivity contribution in [2.24, 2.45) is 0 Å². The second-order valence-corrected chi connectivity index (χ2v) is 9.86. The van der Waals surface area contributed by atoms with Gasteiger partial charge in [0.1, 0.15) is 11.5 Å². The molecular weight excluding hydrogens is 512 g/mol. The molecule has 164 valence electrons. The molecule has 0 heterocycles. The second kappa shape index (κ2) is 12.7. The summed E-state index contributed by atoms with van der Waals surface area (Å²) in [4.78, 5) is 23.6. The van der Waals surface area contributed by atoms with Gasteiger partial charge in [0.05, 0.1) is 0 Å². The zero-order chi connectivity index (χ0) is 22.9. The summed E-state index contributed by atoms with van der Waals surface area (Å²) in [5.41, 5.74) is 0. The fourth-order valence-electron chi connectivity index (χ4n) is 2.57. The minimum Gasteiger partial charge on any atom is -0.765 e. The summed E-state index contributed by atoms with van der Waals surface area (Å²) >= 11 is 0. The molecular formula is C24H20O6P2Zn. The van der Waals surface area contributed by atoms with Gasteiger partial charge in [-0.1, -0.05) is 72.8 Å². The number of para-hydroxylation sites is 2. The number of hydrogen-bond donors (Lipinski definition) is 0. The zero-order valence-corrected chi connectivity index (χ0v) is 22.4. The Morgan fingerprint density at radius 1 is 0.455 bits per heavy atom. The summed E-state index contributed by atoms with van der Waals surface area (Å²) < 4.78 is 33.6. The molecule has 0 N–H and O–H groups in total. The van der Waals surface area contributed by atoms with Crippen LogP contribution in [-0.2, 0) is 28.6 Å². The molecule has 0 bridgehead atoms. The fourth-order valence-corrected chi connectivity index (χ4v) is 4.65. The molecule has 0 spiro atoms. The van der Waals surface area contributed by atoms with Crippen LogP contribution in [-0.4, -0.2) is 0 Å². The summed E-state index contributed by atoms with van der Waals surface area (Å²) in [6.07, 6.45) is 0. The Morgan fingerprint density at radius 3 is 0.970 bits per heavy atom. The van der Waals surface area contributed by atoms with Gasteiger partial charge in [-0.3, -0.25) is 9.13 Å². The molecule has 4 rings (SSSR count). The molecule has 33 heavy (non-hydrogen) atoms. The van der Waals surface area contributed by atoms with Gasteiger partial charge in [0, 0.05) is 10.6 Å². The first-order chi connectivity index (χ1) is 15.4. The molecule has 2 unspecified atom stereocenters. The second-order valence-electron chi connectivity index (χ2n) is 6.47. The van der Waals surface area contributed by atoms with Crippen molar-refractivity contribution in [2.75, 3.05) is 0 Å². The normalized spacial score (nSPS) is 13.6. The van der Waals surface area contributed by atoms with Crippen LogP contribution in [0.2, 0.25) is 0 Å². The van der Waals surface area contributed by atoms with Crippen molar-refractivity contribution in [3.63, 3.8) is 0 Å². The molecule has 0 aliphatic heterocycles. The van der Waals surface area contributed by atoms with Crippen molar-refractivity contribution in [2.45, 2.75) is 0 Å². The van der Waals surface area contributed by atoms with Crippen LogP contribution in [0, 0.1) is 0 Å². The molecule has 0 aliphatic rings. The third-order valence-electron chi connectivity index (χ3n) is 4.08. The summed E-state index contributed by atoms with van der Waals surface area (Å²) in [5.74, 6) is 0.648. The summed E-state index contributed by atoms with van der Waals surface area (Å²) in [6.45, 7) is 0. The molecule has 0 fully saturated rings. The average Bonchev–Trinajstić information content (AvgIpc) is 2.81. The Hall–Kier alpha value is -2.52. The molecule has 0 saturated carbocycles. The van der Waals surface area contributed by atoms with Crippen LogP contribution in [0.4, 0.5) is 0 Å². The van der Waals surface area contributed by atoms with E-state index < -0.39 is 15.2 Å². The molecule has 0 saturated heterocycles. The van der Waals surface area contributed by atoms with E-state index in [1.807, 2.05) is 0 Å². The maximum atomic E-state index is 11.8. The fraction of sp³-hybridized carbons (Fsp3) is 0. The Kier molecular flexibility index (Phi) is 10.2. The van der Waals surface area contributed by atoms with Gasteiger partial charge in [-0.05, 0) is 48.5 Å². The minimum atomic E-state index is -4.02. The third kappa shape index (κ3) is 8.40. The van der Waals surface area contributed by atoms with Gasteiger partial charge >= 0.3 is 19.5 Å². The van der Waals surface area contributed by atoms with Crippen LogP contribution in [0.5, 0.6) is 11.5 Å². The monoisotopic (exact) mass is 530 g/mol. The predicted octanol–water partition coefficient (Wildman–Crippen LogP) is 3.89. The Labute approximate surface area is 205 Å². The van der Waals surface area contributed by atoms with Crippen LogP contribution in [0.15, 0.2) is 121 Å². The van der Waals surface area contributed by atoms with Gasteiger partial charge in [0.2, 0.25) is 15.2 Å². The van der Waals surface area contributed by atoms with Crippen molar-refractivity contribution in [1.82, 2.24) is 0 Å². The van der Waals surface area contributed by atoms with Gasteiger partial charge in [-0.15, -0.1) is 0 Å². The van der Waals surface area contributed by atoms with Crippen LogP contribution < -0.4 is 29.4 Å². The topological polar surface area (TPSA) is 98.7 Å². The van der Waals surface area contributed by atoms with Gasteiger partial charge in [-0.25, -0.2) is 0 Å². The van der Waals surface area contributed by atoms with Crippen LogP contribution in [0.3, 0.4) is 0 Å². The molecule has 0 radical (unpaired) electrons. The molecule has 6 nitrogen and oxygen atoms in total. The standard InChI is InChI=1S/2C12H11O3P.Zn/c2*13-16(14,12-9-5-2-6-10-12)15-11-7-3-1-4-8-11;/h2*1-10H,(H,13,14);/q;;+2/p-2. The van der Waals surface area contributed by atoms with Crippen LogP contribution in [0.25, 0.3) is 0 Å². The van der Waals surface area contributed by atoms with E-state index in [0.717, 1.165) is 0 Å². The SMILES string of the molecule is O=P([O-])(Oc1ccccc1)c1ccccc1.O=P([O-])(Oc1ccccc1)c1ccccc1.[Zn+2]. The van der Waals surface area contributed by atoms with Crippen molar-refractivity contribution in [1.29, 1.82) is 0 Å². The molecule has 4 aromatic rings. The van der Waals surface area contributed by atoms with E-state index in [0.29, 0.717) is 11.5 Å². The van der Waals surface area contributed by atoms with Crippen LogP contribution in [0.1, 0.15) is 0 Å². The van der Waals surface area contributed by atoms with E-state index in [2.05, 4.69) is 0 Å². The molecule has 0 aliphatic carbocycles. The van der Waals surface area contributed by atoms with E-state index in [-0.39, 0.29) is 30.1 Å². The molecule has 0 amide bonds. The molecule has 4 aromatic carbocycles. The smallest absolute Gasteiger partial charge is 0.765 e. The third-order valence-corrected chi connectivity index (χ3v) is 6.85. The molecule has 0 aromatic heterocycles. The van der Waals surface area contributed by atoms with Gasteiger partial charge in [0.25, 0.3) is 0 Å². The number of benzene rings is 4.